The number of likely N-dealkylation sites (N-methyl/N-ethyl adjacent to an activating group) is 1. The van der Waals surface area contributed by atoms with E-state index in [2.05, 4.69) is 32.1 Å². The number of aromatic nitrogens is 3. The molecule has 8 nitrogen and oxygen atoms in total. The van der Waals surface area contributed by atoms with Crippen LogP contribution in [0.15, 0.2) is 54.9 Å². The first-order chi connectivity index (χ1) is 18.9. The Bertz CT molecular complexity index is 1520. The predicted octanol–water partition coefficient (Wildman–Crippen LogP) is 5.76. The van der Waals surface area contributed by atoms with Crippen LogP contribution >= 0.6 is 22.9 Å². The van der Waals surface area contributed by atoms with E-state index >= 15 is 0 Å². The van der Waals surface area contributed by atoms with Crippen molar-refractivity contribution < 1.29 is 9.53 Å². The molecule has 0 saturated carbocycles. The van der Waals surface area contributed by atoms with E-state index in [1.54, 1.807) is 23.7 Å². The van der Waals surface area contributed by atoms with Crippen LogP contribution in [0, 0.1) is 6.92 Å². The highest BCUT2D eigenvalue weighted by Gasteiger charge is 2.25. The lowest BCUT2D eigenvalue weighted by atomic mass is 10.0. The summed E-state index contributed by atoms with van der Waals surface area (Å²) in [6.45, 7) is 7.33. The molecule has 1 aliphatic heterocycles. The second kappa shape index (κ2) is 12.1. The van der Waals surface area contributed by atoms with Crippen molar-refractivity contribution in [2.75, 3.05) is 32.0 Å². The van der Waals surface area contributed by atoms with Crippen molar-refractivity contribution in [3.8, 4) is 5.75 Å². The van der Waals surface area contributed by atoms with E-state index in [4.69, 9.17) is 16.3 Å². The molecule has 3 aromatic heterocycles. The van der Waals surface area contributed by atoms with Crippen LogP contribution in [0.5, 0.6) is 5.75 Å². The summed E-state index contributed by atoms with van der Waals surface area (Å²) in [5.41, 5.74) is 3.80. The molecular weight excluding hydrogens is 532 g/mol. The molecule has 0 spiro atoms. The van der Waals surface area contributed by atoms with Gasteiger partial charge >= 0.3 is 0 Å². The molecule has 1 aromatic carbocycles. The Labute approximate surface area is 237 Å². The molecule has 39 heavy (non-hydrogen) atoms. The zero-order valence-electron chi connectivity index (χ0n) is 22.3. The van der Waals surface area contributed by atoms with Crippen LogP contribution in [0.25, 0.3) is 10.2 Å². The quantitative estimate of drug-likeness (QED) is 0.259. The summed E-state index contributed by atoms with van der Waals surface area (Å²) in [5, 5.41) is 4.92. The van der Waals surface area contributed by atoms with Crippen LogP contribution in [0.4, 0.5) is 11.5 Å². The van der Waals surface area contributed by atoms with Crippen LogP contribution in [0.1, 0.15) is 28.8 Å². The second-order valence-electron chi connectivity index (χ2n) is 9.50. The summed E-state index contributed by atoms with van der Waals surface area (Å²) >= 11 is 8.17. The molecule has 202 valence electrons. The SMILES string of the molecule is CCN(C)C/C=C/C(=O)N1CCc2c(sc3ncnc(Nc4ccc(OCc5cccc(C)n5)c(Cl)c4)c23)C1. The fourth-order valence-electron chi connectivity index (χ4n) is 4.44. The molecule has 0 saturated heterocycles. The highest BCUT2D eigenvalue weighted by molar-refractivity contribution is 7.19. The Morgan fingerprint density at radius 2 is 2.15 bits per heavy atom. The Morgan fingerprint density at radius 3 is 2.95 bits per heavy atom. The van der Waals surface area contributed by atoms with Gasteiger partial charge in [0.1, 0.15) is 29.3 Å². The number of carbonyl (C=O) groups excluding carboxylic acids is 1. The summed E-state index contributed by atoms with van der Waals surface area (Å²) in [6.07, 6.45) is 5.94. The standard InChI is InChI=1S/C29H31ClN6O2S/c1-4-35(3)13-6-9-26(37)36-14-12-22-25(16-36)39-29-27(22)28(31-18-32-29)34-20-10-11-24(23(30)15-20)38-17-21-8-5-7-19(2)33-21/h5-11,15,18H,4,12-14,16-17H2,1-3H3,(H,31,32,34)/b9-6+. The van der Waals surface area contributed by atoms with Gasteiger partial charge in [-0.2, -0.15) is 0 Å². The third-order valence-corrected chi connectivity index (χ3v) is 8.10. The minimum absolute atomic E-state index is 0.0437. The summed E-state index contributed by atoms with van der Waals surface area (Å²) < 4.78 is 5.90. The van der Waals surface area contributed by atoms with E-state index in [0.717, 1.165) is 57.5 Å². The Balaban J connectivity index is 1.29. The number of nitrogens with one attached hydrogen (secondary N) is 1. The minimum atomic E-state index is 0.0437. The fourth-order valence-corrected chi connectivity index (χ4v) is 5.88. The molecule has 5 rings (SSSR count). The van der Waals surface area contributed by atoms with Crippen molar-refractivity contribution >= 4 is 50.6 Å². The maximum atomic E-state index is 12.8. The number of aryl methyl sites for hydroxylation is 1. The number of rotatable bonds is 9. The molecule has 0 unspecified atom stereocenters. The number of halogens is 1. The van der Waals surface area contributed by atoms with Crippen molar-refractivity contribution in [1.29, 1.82) is 0 Å². The van der Waals surface area contributed by atoms with Gasteiger partial charge in [-0.1, -0.05) is 30.7 Å². The molecule has 0 radical (unpaired) electrons. The van der Waals surface area contributed by atoms with Gasteiger partial charge in [-0.25, -0.2) is 9.97 Å². The third-order valence-electron chi connectivity index (χ3n) is 6.68. The number of anilines is 2. The van der Waals surface area contributed by atoms with Gasteiger partial charge in [0.25, 0.3) is 0 Å². The molecule has 0 bridgehead atoms. The number of hydrogen-bond donors (Lipinski definition) is 1. The van der Waals surface area contributed by atoms with E-state index in [9.17, 15) is 4.79 Å². The molecule has 1 N–H and O–H groups in total. The molecule has 4 aromatic rings. The normalized spacial score (nSPS) is 13.3. The summed E-state index contributed by atoms with van der Waals surface area (Å²) in [7, 11) is 2.03. The number of fused-ring (bicyclic) bond motifs is 3. The van der Waals surface area contributed by atoms with Crippen LogP contribution in [-0.2, 0) is 24.4 Å². The average Bonchev–Trinajstić information content (AvgIpc) is 3.31. The Kier molecular flexibility index (Phi) is 8.40. The molecular formula is C29H31ClN6O2S. The van der Waals surface area contributed by atoms with Crippen molar-refractivity contribution in [3.63, 3.8) is 0 Å². The fraction of sp³-hybridized carbons (Fsp3) is 0.310. The molecule has 10 heteroatoms. The molecule has 0 atom stereocenters. The Hall–Kier alpha value is -3.53. The van der Waals surface area contributed by atoms with Gasteiger partial charge in [-0.05, 0) is 62.8 Å². The topological polar surface area (TPSA) is 83.5 Å². The highest BCUT2D eigenvalue weighted by Crippen LogP contribution is 2.38. The van der Waals surface area contributed by atoms with Crippen LogP contribution in [0.2, 0.25) is 5.02 Å². The first kappa shape index (κ1) is 27.1. The van der Waals surface area contributed by atoms with Crippen LogP contribution < -0.4 is 10.1 Å². The first-order valence-electron chi connectivity index (χ1n) is 12.9. The van der Waals surface area contributed by atoms with Gasteiger partial charge in [0.15, 0.2) is 0 Å². The van der Waals surface area contributed by atoms with Crippen molar-refractivity contribution in [2.24, 2.45) is 0 Å². The molecule has 1 amide bonds. The van der Waals surface area contributed by atoms with E-state index in [1.165, 1.54) is 5.56 Å². The van der Waals surface area contributed by atoms with E-state index in [1.807, 2.05) is 61.3 Å². The number of thiophene rings is 1. The number of ether oxygens (including phenoxy) is 1. The van der Waals surface area contributed by atoms with Gasteiger partial charge in [-0.15, -0.1) is 11.3 Å². The maximum Gasteiger partial charge on any atom is 0.246 e. The number of benzene rings is 1. The summed E-state index contributed by atoms with van der Waals surface area (Å²) in [5.74, 6) is 1.36. The van der Waals surface area contributed by atoms with E-state index < -0.39 is 0 Å². The molecule has 0 aliphatic carbocycles. The van der Waals surface area contributed by atoms with Crippen molar-refractivity contribution in [2.45, 2.75) is 33.4 Å². The zero-order valence-corrected chi connectivity index (χ0v) is 23.8. The van der Waals surface area contributed by atoms with Gasteiger partial charge in [0.05, 0.1) is 22.6 Å². The lowest BCUT2D eigenvalue weighted by Gasteiger charge is -2.26. The molecule has 0 fully saturated rings. The van der Waals surface area contributed by atoms with E-state index in [-0.39, 0.29) is 5.91 Å². The first-order valence-corrected chi connectivity index (χ1v) is 14.1. The molecule has 1 aliphatic rings. The second-order valence-corrected chi connectivity index (χ2v) is 11.0. The van der Waals surface area contributed by atoms with Gasteiger partial charge < -0.3 is 19.9 Å². The number of nitrogens with zero attached hydrogens (tertiary/aromatic N) is 5. The summed E-state index contributed by atoms with van der Waals surface area (Å²) in [6, 6.07) is 11.4. The smallest absolute Gasteiger partial charge is 0.246 e. The lowest BCUT2D eigenvalue weighted by Crippen LogP contribution is -2.34. The van der Waals surface area contributed by atoms with E-state index in [0.29, 0.717) is 30.5 Å². The zero-order chi connectivity index (χ0) is 27.4. The predicted molar refractivity (Wildman–Crippen MR) is 157 cm³/mol. The highest BCUT2D eigenvalue weighted by atomic mass is 35.5. The number of amides is 1. The largest absolute Gasteiger partial charge is 0.486 e. The number of carbonyl (C=O) groups is 1. The van der Waals surface area contributed by atoms with Gasteiger partial charge in [-0.3, -0.25) is 9.78 Å². The summed E-state index contributed by atoms with van der Waals surface area (Å²) in [4.78, 5) is 32.4. The number of hydrogen-bond acceptors (Lipinski definition) is 8. The number of pyridine rings is 1. The average molecular weight is 563 g/mol. The van der Waals surface area contributed by atoms with Gasteiger partial charge in [0, 0.05) is 35.4 Å². The van der Waals surface area contributed by atoms with Crippen molar-refractivity contribution in [3.05, 3.63) is 81.7 Å². The van der Waals surface area contributed by atoms with Crippen molar-refractivity contribution in [1.82, 2.24) is 24.8 Å². The third kappa shape index (κ3) is 6.38. The maximum absolute atomic E-state index is 12.8. The molecule has 4 heterocycles. The van der Waals surface area contributed by atoms with Crippen LogP contribution in [0.3, 0.4) is 0 Å². The van der Waals surface area contributed by atoms with Gasteiger partial charge in [0.2, 0.25) is 5.91 Å². The minimum Gasteiger partial charge on any atom is -0.486 e. The lowest BCUT2D eigenvalue weighted by molar-refractivity contribution is -0.126. The monoisotopic (exact) mass is 562 g/mol. The van der Waals surface area contributed by atoms with Crippen LogP contribution in [-0.4, -0.2) is 57.3 Å². The Morgan fingerprint density at radius 1 is 1.28 bits per heavy atom.